The van der Waals surface area contributed by atoms with Crippen LogP contribution in [0.15, 0.2) is 46.9 Å². The van der Waals surface area contributed by atoms with Crippen LogP contribution in [0.5, 0.6) is 0 Å². The van der Waals surface area contributed by atoms with Crippen LogP contribution in [0.25, 0.3) is 0 Å². The van der Waals surface area contributed by atoms with E-state index in [1.807, 2.05) is 0 Å². The smallest absolute Gasteiger partial charge is 0.236 e. The van der Waals surface area contributed by atoms with Gasteiger partial charge in [-0.2, -0.15) is 0 Å². The molecular formula is C13H12BrFN2O2S. The van der Waals surface area contributed by atoms with Gasteiger partial charge in [0, 0.05) is 11.4 Å². The number of halogens is 2. The van der Waals surface area contributed by atoms with Gasteiger partial charge in [-0.05, 0) is 51.8 Å². The number of benzene rings is 2. The predicted molar refractivity (Wildman–Crippen MR) is 81.2 cm³/mol. The minimum atomic E-state index is -3.56. The summed E-state index contributed by atoms with van der Waals surface area (Å²) in [6, 6.07) is 10.5. The molecule has 0 radical (unpaired) electrons. The van der Waals surface area contributed by atoms with E-state index in [4.69, 9.17) is 5.73 Å². The van der Waals surface area contributed by atoms with E-state index in [1.165, 1.54) is 18.2 Å². The number of rotatable bonds is 4. The van der Waals surface area contributed by atoms with E-state index in [-0.39, 0.29) is 10.2 Å². The highest BCUT2D eigenvalue weighted by Gasteiger charge is 2.12. The molecule has 0 fully saturated rings. The van der Waals surface area contributed by atoms with Crippen LogP contribution in [0.2, 0.25) is 0 Å². The topological polar surface area (TPSA) is 72.2 Å². The summed E-state index contributed by atoms with van der Waals surface area (Å²) in [4.78, 5) is 0. The van der Waals surface area contributed by atoms with Crippen molar-refractivity contribution in [3.63, 3.8) is 0 Å². The maximum absolute atomic E-state index is 13.1. The van der Waals surface area contributed by atoms with Crippen LogP contribution in [-0.4, -0.2) is 8.42 Å². The second kappa shape index (κ2) is 5.80. The van der Waals surface area contributed by atoms with Crippen molar-refractivity contribution < 1.29 is 12.8 Å². The van der Waals surface area contributed by atoms with Crippen LogP contribution in [0.3, 0.4) is 0 Å². The van der Waals surface area contributed by atoms with E-state index >= 15 is 0 Å². The van der Waals surface area contributed by atoms with E-state index in [0.29, 0.717) is 16.9 Å². The summed E-state index contributed by atoms with van der Waals surface area (Å²) in [7, 11) is -3.56. The third kappa shape index (κ3) is 3.94. The molecule has 0 aliphatic rings. The average molecular weight is 359 g/mol. The third-order valence-electron chi connectivity index (χ3n) is 2.53. The normalized spacial score (nSPS) is 11.3. The van der Waals surface area contributed by atoms with Crippen molar-refractivity contribution in [2.24, 2.45) is 0 Å². The molecule has 0 spiro atoms. The Balaban J connectivity index is 2.14. The zero-order valence-electron chi connectivity index (χ0n) is 10.3. The van der Waals surface area contributed by atoms with Crippen molar-refractivity contribution in [1.29, 1.82) is 0 Å². The van der Waals surface area contributed by atoms with Gasteiger partial charge in [0.05, 0.1) is 10.2 Å². The van der Waals surface area contributed by atoms with Crippen molar-refractivity contribution in [3.8, 4) is 0 Å². The lowest BCUT2D eigenvalue weighted by atomic mass is 10.2. The maximum atomic E-state index is 13.1. The first-order valence-electron chi connectivity index (χ1n) is 5.66. The molecule has 3 N–H and O–H groups in total. The fourth-order valence-electron chi connectivity index (χ4n) is 1.61. The van der Waals surface area contributed by atoms with E-state index in [1.54, 1.807) is 24.3 Å². The van der Waals surface area contributed by atoms with Crippen molar-refractivity contribution in [2.75, 3.05) is 10.5 Å². The van der Waals surface area contributed by atoms with Gasteiger partial charge < -0.3 is 5.73 Å². The van der Waals surface area contributed by atoms with Gasteiger partial charge in [0.1, 0.15) is 5.82 Å². The fourth-order valence-corrected chi connectivity index (χ4v) is 3.18. The van der Waals surface area contributed by atoms with Crippen LogP contribution < -0.4 is 10.5 Å². The molecule has 0 aliphatic carbocycles. The van der Waals surface area contributed by atoms with Crippen molar-refractivity contribution >= 4 is 37.3 Å². The van der Waals surface area contributed by atoms with Gasteiger partial charge in [-0.15, -0.1) is 0 Å². The molecule has 2 aromatic carbocycles. The molecule has 0 unspecified atom stereocenters. The molecule has 20 heavy (non-hydrogen) atoms. The van der Waals surface area contributed by atoms with Gasteiger partial charge in [0.15, 0.2) is 0 Å². The molecule has 2 rings (SSSR count). The van der Waals surface area contributed by atoms with E-state index in [2.05, 4.69) is 20.7 Å². The molecule has 106 valence electrons. The Labute approximate surface area is 125 Å². The lowest BCUT2D eigenvalue weighted by molar-refractivity contribution is 0.600. The zero-order chi connectivity index (χ0) is 14.8. The molecule has 0 amide bonds. The molecule has 7 heteroatoms. The van der Waals surface area contributed by atoms with E-state index in [9.17, 15) is 12.8 Å². The van der Waals surface area contributed by atoms with Crippen molar-refractivity contribution in [3.05, 3.63) is 58.3 Å². The van der Waals surface area contributed by atoms with Crippen LogP contribution in [0, 0.1) is 5.82 Å². The Bertz CT molecular complexity index is 718. The average Bonchev–Trinajstić information content (AvgIpc) is 2.36. The van der Waals surface area contributed by atoms with Crippen LogP contribution in [0.4, 0.5) is 15.8 Å². The van der Waals surface area contributed by atoms with Crippen LogP contribution >= 0.6 is 15.9 Å². The summed E-state index contributed by atoms with van der Waals surface area (Å²) in [5.74, 6) is -0.631. The van der Waals surface area contributed by atoms with Gasteiger partial charge in [-0.1, -0.05) is 12.1 Å². The Morgan fingerprint density at radius 3 is 2.40 bits per heavy atom. The summed E-state index contributed by atoms with van der Waals surface area (Å²) in [5.41, 5.74) is 7.03. The van der Waals surface area contributed by atoms with Gasteiger partial charge in [-0.25, -0.2) is 12.8 Å². The van der Waals surface area contributed by atoms with Crippen molar-refractivity contribution in [2.45, 2.75) is 5.75 Å². The first kappa shape index (κ1) is 14.8. The standard InChI is InChI=1S/C13H12BrFN2O2S/c14-12-7-11(5-6-13(12)15)17-20(18,19)8-9-1-3-10(16)4-2-9/h1-7,17H,8,16H2. The molecule has 0 saturated carbocycles. The Morgan fingerprint density at radius 2 is 1.80 bits per heavy atom. The molecular weight excluding hydrogens is 347 g/mol. The maximum Gasteiger partial charge on any atom is 0.236 e. The molecule has 0 heterocycles. The van der Waals surface area contributed by atoms with Crippen molar-refractivity contribution in [1.82, 2.24) is 0 Å². The quantitative estimate of drug-likeness (QED) is 0.824. The SMILES string of the molecule is Nc1ccc(CS(=O)(=O)Nc2ccc(F)c(Br)c2)cc1. The minimum Gasteiger partial charge on any atom is -0.399 e. The molecule has 0 saturated heterocycles. The number of sulfonamides is 1. The Kier molecular flexibility index (Phi) is 4.29. The highest BCUT2D eigenvalue weighted by atomic mass is 79.9. The largest absolute Gasteiger partial charge is 0.399 e. The number of hydrogen-bond donors (Lipinski definition) is 2. The molecule has 0 aromatic heterocycles. The summed E-state index contributed by atoms with van der Waals surface area (Å²) >= 11 is 3.00. The fraction of sp³-hybridized carbons (Fsp3) is 0.0769. The van der Waals surface area contributed by atoms with Crippen LogP contribution in [0.1, 0.15) is 5.56 Å². The second-order valence-electron chi connectivity index (χ2n) is 4.23. The highest BCUT2D eigenvalue weighted by molar-refractivity contribution is 9.10. The number of nitrogens with two attached hydrogens (primary N) is 1. The number of hydrogen-bond acceptors (Lipinski definition) is 3. The third-order valence-corrected chi connectivity index (χ3v) is 4.40. The van der Waals surface area contributed by atoms with E-state index < -0.39 is 15.8 Å². The van der Waals surface area contributed by atoms with E-state index in [0.717, 1.165) is 0 Å². The lowest BCUT2D eigenvalue weighted by Gasteiger charge is -2.09. The highest BCUT2D eigenvalue weighted by Crippen LogP contribution is 2.21. The van der Waals surface area contributed by atoms with Gasteiger partial charge in [-0.3, -0.25) is 4.72 Å². The number of nitrogen functional groups attached to an aromatic ring is 1. The Morgan fingerprint density at radius 1 is 1.15 bits per heavy atom. The predicted octanol–water partition coefficient (Wildman–Crippen LogP) is 3.11. The summed E-state index contributed by atoms with van der Waals surface area (Å²) in [6.45, 7) is 0. The monoisotopic (exact) mass is 358 g/mol. The van der Waals surface area contributed by atoms with Crippen LogP contribution in [-0.2, 0) is 15.8 Å². The lowest BCUT2D eigenvalue weighted by Crippen LogP contribution is -2.15. The summed E-state index contributed by atoms with van der Waals surface area (Å²) < 4.78 is 39.7. The number of nitrogens with one attached hydrogen (secondary N) is 1. The number of anilines is 2. The second-order valence-corrected chi connectivity index (χ2v) is 6.81. The van der Waals surface area contributed by atoms with Gasteiger partial charge in [0.2, 0.25) is 10.0 Å². The summed E-state index contributed by atoms with van der Waals surface area (Å²) in [5, 5.41) is 0. The summed E-state index contributed by atoms with van der Waals surface area (Å²) in [6.07, 6.45) is 0. The van der Waals surface area contributed by atoms with Gasteiger partial charge >= 0.3 is 0 Å². The molecule has 0 atom stereocenters. The minimum absolute atomic E-state index is 0.178. The molecule has 2 aromatic rings. The van der Waals surface area contributed by atoms with Gasteiger partial charge in [0.25, 0.3) is 0 Å². The first-order chi connectivity index (χ1) is 9.35. The Hall–Kier alpha value is -1.60. The first-order valence-corrected chi connectivity index (χ1v) is 8.10. The molecule has 0 aliphatic heterocycles. The molecule has 4 nitrogen and oxygen atoms in total. The zero-order valence-corrected chi connectivity index (χ0v) is 12.7. The molecule has 0 bridgehead atoms.